The molecule has 1 aromatic heterocycles. The smallest absolute Gasteiger partial charge is 0.155 e. The molecule has 1 aromatic carbocycles. The molecule has 0 N–H and O–H groups in total. The number of rotatable bonds is 7. The fourth-order valence-corrected chi connectivity index (χ4v) is 3.22. The molecule has 0 saturated carbocycles. The van der Waals surface area contributed by atoms with Crippen molar-refractivity contribution in [1.82, 2.24) is 5.16 Å². The standard InChI is InChI=1S/C20H23NO2/c1-3-5-6-19-18-12-9-15-13-14(7-10-16(22)4-2)8-11-17(15)20(18)21-23-19/h4,8,11,13H,2-3,5-7,9-10,12H2,1H3. The Balaban J connectivity index is 1.82. The van der Waals surface area contributed by atoms with Gasteiger partial charge in [0.1, 0.15) is 11.5 Å². The molecule has 2 aromatic rings. The topological polar surface area (TPSA) is 43.1 Å². The number of ketones is 1. The molecule has 0 saturated heterocycles. The van der Waals surface area contributed by atoms with E-state index in [4.69, 9.17) is 4.52 Å². The van der Waals surface area contributed by atoms with Gasteiger partial charge in [-0.3, -0.25) is 4.79 Å². The molecule has 0 unspecified atom stereocenters. The predicted molar refractivity (Wildman–Crippen MR) is 91.5 cm³/mol. The van der Waals surface area contributed by atoms with E-state index in [9.17, 15) is 4.79 Å². The van der Waals surface area contributed by atoms with Crippen molar-refractivity contribution >= 4 is 5.78 Å². The number of nitrogens with zero attached hydrogens (tertiary/aromatic N) is 1. The van der Waals surface area contributed by atoms with Crippen molar-refractivity contribution in [3.8, 4) is 11.3 Å². The summed E-state index contributed by atoms with van der Waals surface area (Å²) in [5, 5.41) is 4.33. The monoisotopic (exact) mass is 309 g/mol. The Labute approximate surface area is 137 Å². The maximum atomic E-state index is 11.4. The van der Waals surface area contributed by atoms with Crippen molar-refractivity contribution in [1.29, 1.82) is 0 Å². The lowest BCUT2D eigenvalue weighted by Crippen LogP contribution is -2.06. The van der Waals surface area contributed by atoms with Gasteiger partial charge in [-0.05, 0) is 42.9 Å². The molecule has 0 atom stereocenters. The lowest BCUT2D eigenvalue weighted by Gasteiger charge is -2.16. The highest BCUT2D eigenvalue weighted by atomic mass is 16.5. The lowest BCUT2D eigenvalue weighted by atomic mass is 9.87. The highest BCUT2D eigenvalue weighted by Crippen LogP contribution is 2.35. The Hall–Kier alpha value is -2.16. The number of fused-ring (bicyclic) bond motifs is 3. The molecule has 23 heavy (non-hydrogen) atoms. The molecule has 0 bridgehead atoms. The van der Waals surface area contributed by atoms with Gasteiger partial charge in [0.15, 0.2) is 5.78 Å². The molecule has 120 valence electrons. The Bertz CT molecular complexity index is 727. The van der Waals surface area contributed by atoms with Crippen LogP contribution in [0, 0.1) is 0 Å². The van der Waals surface area contributed by atoms with Gasteiger partial charge in [0.2, 0.25) is 0 Å². The SMILES string of the molecule is C=CC(=O)CCc1ccc2c(c1)CCc1c-2noc1CCCC. The van der Waals surface area contributed by atoms with Crippen LogP contribution in [-0.4, -0.2) is 10.9 Å². The second kappa shape index (κ2) is 6.95. The van der Waals surface area contributed by atoms with Crippen LogP contribution < -0.4 is 0 Å². The van der Waals surface area contributed by atoms with Crippen LogP contribution in [0.3, 0.4) is 0 Å². The van der Waals surface area contributed by atoms with Gasteiger partial charge < -0.3 is 4.52 Å². The average Bonchev–Trinajstić information content (AvgIpc) is 3.00. The number of aryl methyl sites for hydroxylation is 3. The maximum absolute atomic E-state index is 11.4. The average molecular weight is 309 g/mol. The maximum Gasteiger partial charge on any atom is 0.155 e. The molecular weight excluding hydrogens is 286 g/mol. The quantitative estimate of drug-likeness (QED) is 0.709. The van der Waals surface area contributed by atoms with E-state index in [0.717, 1.165) is 43.6 Å². The molecule has 0 amide bonds. The molecular formula is C20H23NO2. The van der Waals surface area contributed by atoms with E-state index >= 15 is 0 Å². The minimum absolute atomic E-state index is 0.0991. The number of benzene rings is 1. The van der Waals surface area contributed by atoms with Crippen molar-refractivity contribution in [3.63, 3.8) is 0 Å². The van der Waals surface area contributed by atoms with E-state index in [2.05, 4.69) is 36.9 Å². The molecule has 1 aliphatic carbocycles. The zero-order valence-electron chi connectivity index (χ0n) is 13.7. The molecule has 1 heterocycles. The molecule has 0 spiro atoms. The number of hydrogen-bond acceptors (Lipinski definition) is 3. The molecule has 0 aliphatic heterocycles. The van der Waals surface area contributed by atoms with E-state index < -0.39 is 0 Å². The van der Waals surface area contributed by atoms with Gasteiger partial charge in [-0.1, -0.05) is 43.3 Å². The normalized spacial score (nSPS) is 12.6. The largest absolute Gasteiger partial charge is 0.360 e. The van der Waals surface area contributed by atoms with Crippen LogP contribution in [0.15, 0.2) is 35.4 Å². The highest BCUT2D eigenvalue weighted by molar-refractivity contribution is 5.89. The van der Waals surface area contributed by atoms with Gasteiger partial charge in [-0.2, -0.15) is 0 Å². The Morgan fingerprint density at radius 2 is 2.22 bits per heavy atom. The number of unbranched alkanes of at least 4 members (excludes halogenated alkanes) is 1. The highest BCUT2D eigenvalue weighted by Gasteiger charge is 2.23. The Kier molecular flexibility index (Phi) is 4.75. The summed E-state index contributed by atoms with van der Waals surface area (Å²) in [6.45, 7) is 5.71. The fraction of sp³-hybridized carbons (Fsp3) is 0.400. The Morgan fingerprint density at radius 3 is 3.00 bits per heavy atom. The molecule has 3 heteroatoms. The number of carbonyl (C=O) groups is 1. The second-order valence-corrected chi connectivity index (χ2v) is 6.20. The lowest BCUT2D eigenvalue weighted by molar-refractivity contribution is -0.114. The third-order valence-corrected chi connectivity index (χ3v) is 4.58. The first kappa shape index (κ1) is 15.7. The number of hydrogen-bond donors (Lipinski definition) is 0. The second-order valence-electron chi connectivity index (χ2n) is 6.20. The van der Waals surface area contributed by atoms with Crippen molar-refractivity contribution in [2.45, 2.75) is 51.9 Å². The van der Waals surface area contributed by atoms with Gasteiger partial charge in [-0.25, -0.2) is 0 Å². The van der Waals surface area contributed by atoms with Crippen LogP contribution >= 0.6 is 0 Å². The molecule has 0 radical (unpaired) electrons. The minimum atomic E-state index is 0.0991. The summed E-state index contributed by atoms with van der Waals surface area (Å²) in [5.41, 5.74) is 6.02. The first-order chi connectivity index (χ1) is 11.2. The van der Waals surface area contributed by atoms with Crippen LogP contribution in [0.1, 0.15) is 48.6 Å². The molecule has 0 fully saturated rings. The van der Waals surface area contributed by atoms with Gasteiger partial charge in [0, 0.05) is 24.0 Å². The summed E-state index contributed by atoms with van der Waals surface area (Å²) in [5.74, 6) is 1.16. The number of carbonyl (C=O) groups excluding carboxylic acids is 1. The third-order valence-electron chi connectivity index (χ3n) is 4.58. The first-order valence-corrected chi connectivity index (χ1v) is 8.47. The van der Waals surface area contributed by atoms with Gasteiger partial charge in [-0.15, -0.1) is 0 Å². The Morgan fingerprint density at radius 1 is 1.35 bits per heavy atom. The molecule has 1 aliphatic rings. The van der Waals surface area contributed by atoms with Crippen LogP contribution in [0.4, 0.5) is 0 Å². The number of aromatic nitrogens is 1. The van der Waals surface area contributed by atoms with Crippen LogP contribution in [0.25, 0.3) is 11.3 Å². The van der Waals surface area contributed by atoms with Gasteiger partial charge in [0.25, 0.3) is 0 Å². The summed E-state index contributed by atoms with van der Waals surface area (Å²) >= 11 is 0. The van der Waals surface area contributed by atoms with Crippen LogP contribution in [0.2, 0.25) is 0 Å². The van der Waals surface area contributed by atoms with Gasteiger partial charge in [0.05, 0.1) is 0 Å². The van der Waals surface area contributed by atoms with E-state index in [1.165, 1.54) is 34.8 Å². The number of allylic oxidation sites excluding steroid dienone is 1. The van der Waals surface area contributed by atoms with Crippen molar-refractivity contribution in [2.24, 2.45) is 0 Å². The van der Waals surface area contributed by atoms with Crippen LogP contribution in [-0.2, 0) is 30.5 Å². The summed E-state index contributed by atoms with van der Waals surface area (Å²) < 4.78 is 5.59. The predicted octanol–water partition coefficient (Wildman–Crippen LogP) is 4.47. The van der Waals surface area contributed by atoms with E-state index in [1.807, 2.05) is 0 Å². The van der Waals surface area contributed by atoms with Crippen LogP contribution in [0.5, 0.6) is 0 Å². The minimum Gasteiger partial charge on any atom is -0.360 e. The summed E-state index contributed by atoms with van der Waals surface area (Å²) in [6.07, 6.45) is 8.01. The summed E-state index contributed by atoms with van der Waals surface area (Å²) in [4.78, 5) is 11.4. The third kappa shape index (κ3) is 3.29. The van der Waals surface area contributed by atoms with Crippen molar-refractivity contribution in [3.05, 3.63) is 53.3 Å². The van der Waals surface area contributed by atoms with Gasteiger partial charge >= 0.3 is 0 Å². The molecule has 3 rings (SSSR count). The van der Waals surface area contributed by atoms with E-state index in [-0.39, 0.29) is 5.78 Å². The summed E-state index contributed by atoms with van der Waals surface area (Å²) in [6, 6.07) is 6.45. The zero-order chi connectivity index (χ0) is 16.2. The molecule has 3 nitrogen and oxygen atoms in total. The van der Waals surface area contributed by atoms with E-state index in [0.29, 0.717) is 6.42 Å². The van der Waals surface area contributed by atoms with E-state index in [1.54, 1.807) is 0 Å². The van der Waals surface area contributed by atoms with Crippen molar-refractivity contribution in [2.75, 3.05) is 0 Å². The summed E-state index contributed by atoms with van der Waals surface area (Å²) in [7, 11) is 0. The zero-order valence-corrected chi connectivity index (χ0v) is 13.7. The fourth-order valence-electron chi connectivity index (χ4n) is 3.22. The first-order valence-electron chi connectivity index (χ1n) is 8.47. The van der Waals surface area contributed by atoms with Crippen molar-refractivity contribution < 1.29 is 9.32 Å².